The molecular weight excluding hydrogens is 317 g/mol. The van der Waals surface area contributed by atoms with Crippen LogP contribution in [0.25, 0.3) is 0 Å². The number of benzene rings is 2. The molecule has 1 unspecified atom stereocenters. The van der Waals surface area contributed by atoms with E-state index in [4.69, 9.17) is 39.5 Å². The van der Waals surface area contributed by atoms with Gasteiger partial charge in [0.15, 0.2) is 0 Å². The number of methoxy groups -OCH3 is 1. The Kier molecular flexibility index (Phi) is 5.03. The van der Waals surface area contributed by atoms with E-state index in [0.717, 1.165) is 17.0 Å². The summed E-state index contributed by atoms with van der Waals surface area (Å²) in [6, 6.07) is 10.8. The topological polar surface area (TPSA) is 21.3 Å². The number of hydrogen-bond acceptors (Lipinski definition) is 2. The summed E-state index contributed by atoms with van der Waals surface area (Å²) < 4.78 is 5.19. The summed E-state index contributed by atoms with van der Waals surface area (Å²) >= 11 is 18.4. The van der Waals surface area contributed by atoms with Gasteiger partial charge in [-0.25, -0.2) is 0 Å². The molecule has 0 aliphatic heterocycles. The molecule has 0 aliphatic rings. The normalized spacial score (nSPS) is 12.1. The molecule has 0 saturated carbocycles. The number of hydrogen-bond donors (Lipinski definition) is 1. The fourth-order valence-electron chi connectivity index (χ4n) is 1.90. The molecule has 2 aromatic carbocycles. The number of halogens is 3. The third-order valence-electron chi connectivity index (χ3n) is 2.97. The average Bonchev–Trinajstić information content (AvgIpc) is 2.43. The molecule has 0 heterocycles. The van der Waals surface area contributed by atoms with E-state index in [2.05, 4.69) is 5.32 Å². The molecule has 0 bridgehead atoms. The maximum Gasteiger partial charge on any atom is 0.121 e. The van der Waals surface area contributed by atoms with Crippen molar-refractivity contribution in [2.75, 3.05) is 12.4 Å². The van der Waals surface area contributed by atoms with Crippen LogP contribution in [0.1, 0.15) is 18.5 Å². The Hall–Kier alpha value is -1.09. The van der Waals surface area contributed by atoms with Crippen molar-refractivity contribution in [1.82, 2.24) is 0 Å². The monoisotopic (exact) mass is 329 g/mol. The molecule has 0 radical (unpaired) electrons. The van der Waals surface area contributed by atoms with Gasteiger partial charge >= 0.3 is 0 Å². The van der Waals surface area contributed by atoms with Crippen molar-refractivity contribution in [2.24, 2.45) is 0 Å². The van der Waals surface area contributed by atoms with Crippen LogP contribution in [0, 0.1) is 0 Å². The van der Waals surface area contributed by atoms with Crippen molar-refractivity contribution in [2.45, 2.75) is 13.0 Å². The van der Waals surface area contributed by atoms with Crippen LogP contribution in [0.3, 0.4) is 0 Å². The summed E-state index contributed by atoms with van der Waals surface area (Å²) in [5.41, 5.74) is 1.70. The smallest absolute Gasteiger partial charge is 0.121 e. The first-order chi connectivity index (χ1) is 9.51. The second kappa shape index (κ2) is 6.57. The highest BCUT2D eigenvalue weighted by molar-refractivity contribution is 6.34. The van der Waals surface area contributed by atoms with Gasteiger partial charge in [0.05, 0.1) is 23.9 Å². The summed E-state index contributed by atoms with van der Waals surface area (Å²) in [6.45, 7) is 1.99. The molecule has 0 aliphatic carbocycles. The largest absolute Gasteiger partial charge is 0.497 e. The Morgan fingerprint density at radius 1 is 1.00 bits per heavy atom. The van der Waals surface area contributed by atoms with E-state index in [1.807, 2.05) is 25.1 Å². The Bertz CT molecular complexity index is 616. The van der Waals surface area contributed by atoms with Crippen LogP contribution in [0.4, 0.5) is 5.69 Å². The molecule has 0 saturated heterocycles. The fraction of sp³-hybridized carbons (Fsp3) is 0.200. The fourth-order valence-corrected chi connectivity index (χ4v) is 2.53. The zero-order chi connectivity index (χ0) is 14.7. The molecule has 106 valence electrons. The predicted octanol–water partition coefficient (Wildman–Crippen LogP) is 5.83. The Morgan fingerprint density at radius 2 is 1.70 bits per heavy atom. The molecule has 2 nitrogen and oxygen atoms in total. The quantitative estimate of drug-likeness (QED) is 0.761. The Balaban J connectivity index is 2.27. The summed E-state index contributed by atoms with van der Waals surface area (Å²) in [6.07, 6.45) is 0. The first kappa shape index (κ1) is 15.3. The first-order valence-corrected chi connectivity index (χ1v) is 7.19. The van der Waals surface area contributed by atoms with Crippen molar-refractivity contribution in [1.29, 1.82) is 0 Å². The van der Waals surface area contributed by atoms with Gasteiger partial charge in [0.2, 0.25) is 0 Å². The van der Waals surface area contributed by atoms with E-state index in [-0.39, 0.29) is 6.04 Å². The van der Waals surface area contributed by atoms with Crippen molar-refractivity contribution in [3.05, 3.63) is 57.0 Å². The zero-order valence-corrected chi connectivity index (χ0v) is 13.4. The molecule has 1 N–H and O–H groups in total. The van der Waals surface area contributed by atoms with Gasteiger partial charge in [-0.3, -0.25) is 0 Å². The molecule has 0 aromatic heterocycles. The van der Waals surface area contributed by atoms with Crippen molar-refractivity contribution >= 4 is 40.5 Å². The van der Waals surface area contributed by atoms with Crippen LogP contribution in [-0.4, -0.2) is 7.11 Å². The molecule has 0 amide bonds. The highest BCUT2D eigenvalue weighted by Gasteiger charge is 2.12. The lowest BCUT2D eigenvalue weighted by molar-refractivity contribution is 0.415. The standard InChI is InChI=1S/C15H14Cl3NO/c1-9(12-7-10(16)3-5-13(12)17)19-15-8-11(20-2)4-6-14(15)18/h3-9,19H,1-2H3. The average molecular weight is 331 g/mol. The second-order valence-electron chi connectivity index (χ2n) is 4.38. The van der Waals surface area contributed by atoms with Crippen LogP contribution < -0.4 is 10.1 Å². The minimum atomic E-state index is -0.0363. The van der Waals surface area contributed by atoms with Gasteiger partial charge in [-0.05, 0) is 42.8 Å². The first-order valence-electron chi connectivity index (χ1n) is 6.06. The van der Waals surface area contributed by atoms with Crippen molar-refractivity contribution in [3.63, 3.8) is 0 Å². The molecule has 5 heteroatoms. The zero-order valence-electron chi connectivity index (χ0n) is 11.1. The van der Waals surface area contributed by atoms with E-state index >= 15 is 0 Å². The molecule has 0 fully saturated rings. The van der Waals surface area contributed by atoms with Gasteiger partial charge in [0, 0.05) is 16.1 Å². The van der Waals surface area contributed by atoms with Gasteiger partial charge in [0.1, 0.15) is 5.75 Å². The maximum atomic E-state index is 6.20. The second-order valence-corrected chi connectivity index (χ2v) is 5.63. The molecule has 0 spiro atoms. The third-order valence-corrected chi connectivity index (χ3v) is 3.88. The van der Waals surface area contributed by atoms with E-state index in [1.54, 1.807) is 25.3 Å². The summed E-state index contributed by atoms with van der Waals surface area (Å²) in [5.74, 6) is 0.737. The van der Waals surface area contributed by atoms with Gasteiger partial charge in [-0.1, -0.05) is 34.8 Å². The summed E-state index contributed by atoms with van der Waals surface area (Å²) in [7, 11) is 1.62. The number of anilines is 1. The van der Waals surface area contributed by atoms with Gasteiger partial charge in [-0.15, -0.1) is 0 Å². The van der Waals surface area contributed by atoms with Crippen LogP contribution in [0.2, 0.25) is 15.1 Å². The van der Waals surface area contributed by atoms with E-state index in [1.165, 1.54) is 0 Å². The maximum absolute atomic E-state index is 6.20. The van der Waals surface area contributed by atoms with Crippen molar-refractivity contribution < 1.29 is 4.74 Å². The third kappa shape index (κ3) is 3.51. The Morgan fingerprint density at radius 3 is 2.40 bits per heavy atom. The minimum Gasteiger partial charge on any atom is -0.497 e. The van der Waals surface area contributed by atoms with Crippen LogP contribution in [0.5, 0.6) is 5.75 Å². The summed E-state index contributed by atoms with van der Waals surface area (Å²) in [4.78, 5) is 0. The van der Waals surface area contributed by atoms with E-state index in [0.29, 0.717) is 15.1 Å². The van der Waals surface area contributed by atoms with Crippen LogP contribution in [-0.2, 0) is 0 Å². The lowest BCUT2D eigenvalue weighted by Crippen LogP contribution is -2.07. The summed E-state index contributed by atoms with van der Waals surface area (Å²) in [5, 5.41) is 5.24. The SMILES string of the molecule is COc1ccc(Cl)c(NC(C)c2cc(Cl)ccc2Cl)c1. The van der Waals surface area contributed by atoms with Crippen molar-refractivity contribution in [3.8, 4) is 5.75 Å². The van der Waals surface area contributed by atoms with Crippen LogP contribution in [0.15, 0.2) is 36.4 Å². The number of nitrogens with one attached hydrogen (secondary N) is 1. The van der Waals surface area contributed by atoms with E-state index < -0.39 is 0 Å². The molecule has 2 aromatic rings. The lowest BCUT2D eigenvalue weighted by atomic mass is 10.1. The minimum absolute atomic E-state index is 0.0363. The molecule has 2 rings (SSSR count). The van der Waals surface area contributed by atoms with Crippen LogP contribution >= 0.6 is 34.8 Å². The van der Waals surface area contributed by atoms with E-state index in [9.17, 15) is 0 Å². The molecule has 20 heavy (non-hydrogen) atoms. The molecular formula is C15H14Cl3NO. The molecule has 1 atom stereocenters. The number of rotatable bonds is 4. The number of ether oxygens (including phenoxy) is 1. The van der Waals surface area contributed by atoms with Gasteiger partial charge in [0.25, 0.3) is 0 Å². The highest BCUT2D eigenvalue weighted by Crippen LogP contribution is 2.32. The van der Waals surface area contributed by atoms with Gasteiger partial charge < -0.3 is 10.1 Å². The highest BCUT2D eigenvalue weighted by atomic mass is 35.5. The lowest BCUT2D eigenvalue weighted by Gasteiger charge is -2.18. The predicted molar refractivity (Wildman–Crippen MR) is 86.5 cm³/mol. The van der Waals surface area contributed by atoms with Gasteiger partial charge in [-0.2, -0.15) is 0 Å². The Labute approximate surface area is 133 Å².